The van der Waals surface area contributed by atoms with Gasteiger partial charge >= 0.3 is 0 Å². The van der Waals surface area contributed by atoms with Gasteiger partial charge in [0.15, 0.2) is 0 Å². The normalized spacial score (nSPS) is 13.7. The number of pyridine rings is 1. The molecule has 0 aliphatic heterocycles. The molecule has 2 aromatic rings. The predicted octanol–water partition coefficient (Wildman–Crippen LogP) is 2.54. The van der Waals surface area contributed by atoms with Crippen molar-refractivity contribution in [2.45, 2.75) is 52.1 Å². The highest BCUT2D eigenvalue weighted by atomic mass is 16.5. The largest absolute Gasteiger partial charge is 0.348 e. The van der Waals surface area contributed by atoms with Crippen molar-refractivity contribution in [1.29, 1.82) is 0 Å². The van der Waals surface area contributed by atoms with Crippen molar-refractivity contribution in [2.24, 2.45) is 11.8 Å². The van der Waals surface area contributed by atoms with E-state index in [0.29, 0.717) is 6.42 Å². The number of carbonyl (C=O) groups excluding carboxylic acids is 3. The Labute approximate surface area is 188 Å². The molecule has 3 amide bonds. The second-order valence-corrected chi connectivity index (χ2v) is 8.33. The summed E-state index contributed by atoms with van der Waals surface area (Å²) in [7, 11) is 0. The van der Waals surface area contributed by atoms with Crippen LogP contribution < -0.4 is 16.1 Å². The lowest BCUT2D eigenvalue weighted by atomic mass is 9.92. The molecule has 0 radical (unpaired) electrons. The van der Waals surface area contributed by atoms with Crippen molar-refractivity contribution < 1.29 is 19.6 Å². The molecule has 0 aliphatic rings. The van der Waals surface area contributed by atoms with E-state index < -0.39 is 23.8 Å². The molecule has 32 heavy (non-hydrogen) atoms. The second kappa shape index (κ2) is 12.6. The molecule has 3 atom stereocenters. The Balaban J connectivity index is 2.18. The van der Waals surface area contributed by atoms with E-state index in [1.807, 2.05) is 51.1 Å². The van der Waals surface area contributed by atoms with Crippen LogP contribution in [0.3, 0.4) is 0 Å². The molecule has 0 fully saturated rings. The summed E-state index contributed by atoms with van der Waals surface area (Å²) in [5, 5.41) is 14.7. The fraction of sp³-hybridized carbons (Fsp3) is 0.417. The molecule has 2 rings (SSSR count). The third-order valence-corrected chi connectivity index (χ3v) is 5.16. The van der Waals surface area contributed by atoms with Crippen LogP contribution in [0.5, 0.6) is 0 Å². The standard InChI is InChI=1S/C24H32N4O4/c1-16(2)13-20(15-22(29)28-32)23(30)27-21(14-18-9-11-25-12-10-18)24(31)26-17(3)19-7-5-4-6-8-19/h4-12,16-17,20-21,32H,13-15H2,1-3H3,(H,26,31)(H,27,30)(H,28,29)/t17-,20+,21-/m0/s1. The first-order valence-electron chi connectivity index (χ1n) is 10.8. The summed E-state index contributed by atoms with van der Waals surface area (Å²) in [5.41, 5.74) is 3.38. The third-order valence-electron chi connectivity index (χ3n) is 5.16. The predicted molar refractivity (Wildman–Crippen MR) is 120 cm³/mol. The Hall–Kier alpha value is -3.26. The summed E-state index contributed by atoms with van der Waals surface area (Å²) in [4.78, 5) is 41.8. The molecule has 1 heterocycles. The Morgan fingerprint density at radius 3 is 2.19 bits per heavy atom. The molecule has 1 aromatic heterocycles. The molecule has 1 aromatic carbocycles. The van der Waals surface area contributed by atoms with Crippen LogP contribution in [0.25, 0.3) is 0 Å². The quantitative estimate of drug-likeness (QED) is 0.316. The van der Waals surface area contributed by atoms with E-state index in [9.17, 15) is 14.4 Å². The number of hydrogen-bond donors (Lipinski definition) is 4. The van der Waals surface area contributed by atoms with E-state index >= 15 is 0 Å². The van der Waals surface area contributed by atoms with Crippen LogP contribution in [0.15, 0.2) is 54.9 Å². The van der Waals surface area contributed by atoms with Crippen LogP contribution in [0.4, 0.5) is 0 Å². The van der Waals surface area contributed by atoms with Crippen molar-refractivity contribution in [2.75, 3.05) is 0 Å². The summed E-state index contributed by atoms with van der Waals surface area (Å²) in [6.07, 6.45) is 3.83. The van der Waals surface area contributed by atoms with Gasteiger partial charge in [-0.25, -0.2) is 5.48 Å². The number of hydroxylamine groups is 1. The van der Waals surface area contributed by atoms with E-state index in [2.05, 4.69) is 15.6 Å². The zero-order valence-corrected chi connectivity index (χ0v) is 18.7. The van der Waals surface area contributed by atoms with E-state index in [1.165, 1.54) is 0 Å². The zero-order chi connectivity index (χ0) is 23.5. The van der Waals surface area contributed by atoms with Gasteiger partial charge in [-0.1, -0.05) is 44.2 Å². The first-order chi connectivity index (χ1) is 15.3. The summed E-state index contributed by atoms with van der Waals surface area (Å²) in [6, 6.07) is 12.1. The molecule has 4 N–H and O–H groups in total. The summed E-state index contributed by atoms with van der Waals surface area (Å²) in [5.74, 6) is -1.87. The van der Waals surface area contributed by atoms with Crippen molar-refractivity contribution in [3.05, 3.63) is 66.0 Å². The molecule has 0 saturated heterocycles. The van der Waals surface area contributed by atoms with Crippen molar-refractivity contribution in [3.63, 3.8) is 0 Å². The molecule has 0 aliphatic carbocycles. The molecule has 0 unspecified atom stereocenters. The lowest BCUT2D eigenvalue weighted by molar-refractivity contribution is -0.136. The maximum atomic E-state index is 13.1. The Bertz CT molecular complexity index is 874. The maximum Gasteiger partial charge on any atom is 0.244 e. The monoisotopic (exact) mass is 440 g/mol. The zero-order valence-electron chi connectivity index (χ0n) is 18.7. The smallest absolute Gasteiger partial charge is 0.244 e. The van der Waals surface area contributed by atoms with Crippen molar-refractivity contribution >= 4 is 17.7 Å². The van der Waals surface area contributed by atoms with Crippen LogP contribution in [0.1, 0.15) is 50.8 Å². The highest BCUT2D eigenvalue weighted by molar-refractivity contribution is 5.90. The fourth-order valence-corrected chi connectivity index (χ4v) is 3.51. The minimum Gasteiger partial charge on any atom is -0.348 e. The van der Waals surface area contributed by atoms with Gasteiger partial charge in [-0.15, -0.1) is 0 Å². The molecule has 0 spiro atoms. The molecule has 8 nitrogen and oxygen atoms in total. The van der Waals surface area contributed by atoms with Crippen molar-refractivity contribution in [1.82, 2.24) is 21.1 Å². The fourth-order valence-electron chi connectivity index (χ4n) is 3.51. The van der Waals surface area contributed by atoms with Gasteiger partial charge < -0.3 is 10.6 Å². The molecule has 172 valence electrons. The van der Waals surface area contributed by atoms with Gasteiger partial charge in [-0.3, -0.25) is 24.6 Å². The van der Waals surface area contributed by atoms with Crippen LogP contribution in [0, 0.1) is 11.8 Å². The van der Waals surface area contributed by atoms with E-state index in [-0.39, 0.29) is 30.7 Å². The van der Waals surface area contributed by atoms with E-state index in [0.717, 1.165) is 11.1 Å². The summed E-state index contributed by atoms with van der Waals surface area (Å²) in [6.45, 7) is 5.77. The molecular weight excluding hydrogens is 408 g/mol. The van der Waals surface area contributed by atoms with Gasteiger partial charge in [0, 0.05) is 31.2 Å². The van der Waals surface area contributed by atoms with Gasteiger partial charge in [0.25, 0.3) is 0 Å². The van der Waals surface area contributed by atoms with E-state index in [1.54, 1.807) is 30.0 Å². The second-order valence-electron chi connectivity index (χ2n) is 8.33. The number of carbonyl (C=O) groups is 3. The average Bonchev–Trinajstić information content (AvgIpc) is 2.78. The lowest BCUT2D eigenvalue weighted by Crippen LogP contribution is -2.50. The minimum atomic E-state index is -0.831. The number of nitrogens with one attached hydrogen (secondary N) is 3. The van der Waals surface area contributed by atoms with E-state index in [4.69, 9.17) is 5.21 Å². The number of aromatic nitrogens is 1. The van der Waals surface area contributed by atoms with Crippen LogP contribution in [0.2, 0.25) is 0 Å². The Morgan fingerprint density at radius 1 is 0.938 bits per heavy atom. The lowest BCUT2D eigenvalue weighted by Gasteiger charge is -2.25. The van der Waals surface area contributed by atoms with Crippen LogP contribution in [-0.2, 0) is 20.8 Å². The van der Waals surface area contributed by atoms with Gasteiger partial charge in [0.2, 0.25) is 17.7 Å². The summed E-state index contributed by atoms with van der Waals surface area (Å²) >= 11 is 0. The molecule has 8 heteroatoms. The van der Waals surface area contributed by atoms with Gasteiger partial charge in [-0.2, -0.15) is 0 Å². The first-order valence-corrected chi connectivity index (χ1v) is 10.8. The van der Waals surface area contributed by atoms with Crippen LogP contribution in [-0.4, -0.2) is 34.0 Å². The minimum absolute atomic E-state index is 0.155. The molecular formula is C24H32N4O4. The maximum absolute atomic E-state index is 13.1. The number of amides is 3. The molecule has 0 bridgehead atoms. The highest BCUT2D eigenvalue weighted by Gasteiger charge is 2.28. The number of rotatable bonds is 11. The highest BCUT2D eigenvalue weighted by Crippen LogP contribution is 2.17. The first kappa shape index (κ1) is 25.0. The number of benzene rings is 1. The number of nitrogens with zero attached hydrogens (tertiary/aromatic N) is 1. The Morgan fingerprint density at radius 2 is 1.59 bits per heavy atom. The summed E-state index contributed by atoms with van der Waals surface area (Å²) < 4.78 is 0. The topological polar surface area (TPSA) is 120 Å². The van der Waals surface area contributed by atoms with Crippen molar-refractivity contribution in [3.8, 4) is 0 Å². The van der Waals surface area contributed by atoms with Gasteiger partial charge in [0.1, 0.15) is 6.04 Å². The van der Waals surface area contributed by atoms with Gasteiger partial charge in [0.05, 0.1) is 6.04 Å². The third kappa shape index (κ3) is 8.11. The SMILES string of the molecule is CC(C)C[C@H](CC(=O)NO)C(=O)N[C@@H](Cc1ccncc1)C(=O)N[C@@H](C)c1ccccc1. The van der Waals surface area contributed by atoms with Crippen LogP contribution >= 0.6 is 0 Å². The van der Waals surface area contributed by atoms with Gasteiger partial charge in [-0.05, 0) is 42.5 Å². The Kier molecular flexibility index (Phi) is 9.81. The molecule has 0 saturated carbocycles. The average molecular weight is 441 g/mol. The number of hydrogen-bond acceptors (Lipinski definition) is 5.